The number of carbonyl (C=O) groups is 1. The first-order chi connectivity index (χ1) is 16.8. The third-order valence-electron chi connectivity index (χ3n) is 4.71. The second kappa shape index (κ2) is 10.8. The molecule has 2 aromatic carbocycles. The molecule has 0 fully saturated rings. The highest BCUT2D eigenvalue weighted by Gasteiger charge is 2.18. The van der Waals surface area contributed by atoms with Crippen LogP contribution in [-0.2, 0) is 11.2 Å². The summed E-state index contributed by atoms with van der Waals surface area (Å²) in [5, 5.41) is 12.4. The van der Waals surface area contributed by atoms with Crippen LogP contribution in [0.1, 0.15) is 11.5 Å². The van der Waals surface area contributed by atoms with E-state index in [9.17, 15) is 14.4 Å². The maximum absolute atomic E-state index is 12.5. The topological polar surface area (TPSA) is 135 Å². The zero-order valence-corrected chi connectivity index (χ0v) is 20.5. The summed E-state index contributed by atoms with van der Waals surface area (Å²) < 4.78 is 7.06. The van der Waals surface area contributed by atoms with Gasteiger partial charge in [-0.2, -0.15) is 0 Å². The van der Waals surface area contributed by atoms with Crippen molar-refractivity contribution in [1.82, 2.24) is 24.7 Å². The molecule has 2 aromatic heterocycles. The highest BCUT2D eigenvalue weighted by atomic mass is 35.5. The number of nitrogens with one attached hydrogen (secondary N) is 3. The zero-order chi connectivity index (χ0) is 24.9. The van der Waals surface area contributed by atoms with Crippen molar-refractivity contribution >= 4 is 46.6 Å². The smallest absolute Gasteiger partial charge is 0.325 e. The SMILES string of the molecule is COc1cccc(-n2c(Cc3cc(=O)[nH]c(=O)[nH]3)nnc2SCC(=O)Nc2ccc(Cl)c(Cl)c2)c1. The minimum Gasteiger partial charge on any atom is -0.497 e. The Balaban J connectivity index is 1.60. The van der Waals surface area contributed by atoms with Crippen molar-refractivity contribution in [1.29, 1.82) is 0 Å². The molecular weight excluding hydrogens is 515 g/mol. The van der Waals surface area contributed by atoms with Gasteiger partial charge in [0.25, 0.3) is 5.56 Å². The number of halogens is 2. The number of ether oxygens (including phenoxy) is 1. The predicted molar refractivity (Wildman–Crippen MR) is 134 cm³/mol. The maximum Gasteiger partial charge on any atom is 0.325 e. The van der Waals surface area contributed by atoms with E-state index in [4.69, 9.17) is 27.9 Å². The Bertz CT molecular complexity index is 1470. The van der Waals surface area contributed by atoms with E-state index in [0.29, 0.717) is 43.8 Å². The molecule has 10 nitrogen and oxygen atoms in total. The van der Waals surface area contributed by atoms with E-state index in [-0.39, 0.29) is 18.1 Å². The van der Waals surface area contributed by atoms with Gasteiger partial charge in [-0.3, -0.25) is 19.1 Å². The summed E-state index contributed by atoms with van der Waals surface area (Å²) in [6, 6.07) is 13.3. The number of benzene rings is 2. The average Bonchev–Trinajstić information content (AvgIpc) is 3.21. The van der Waals surface area contributed by atoms with Gasteiger partial charge in [0.2, 0.25) is 5.91 Å². The Hall–Kier alpha value is -3.54. The Morgan fingerprint density at radius 2 is 1.91 bits per heavy atom. The lowest BCUT2D eigenvalue weighted by molar-refractivity contribution is -0.113. The van der Waals surface area contributed by atoms with Crippen LogP contribution in [0.5, 0.6) is 5.75 Å². The Morgan fingerprint density at radius 1 is 1.09 bits per heavy atom. The number of rotatable bonds is 8. The third-order valence-corrected chi connectivity index (χ3v) is 6.38. The molecule has 0 bridgehead atoms. The van der Waals surface area contributed by atoms with Crippen molar-refractivity contribution in [3.05, 3.63) is 90.9 Å². The highest BCUT2D eigenvalue weighted by Crippen LogP contribution is 2.27. The van der Waals surface area contributed by atoms with Gasteiger partial charge in [-0.15, -0.1) is 10.2 Å². The van der Waals surface area contributed by atoms with Crippen molar-refractivity contribution in [2.75, 3.05) is 18.2 Å². The second-order valence-electron chi connectivity index (χ2n) is 7.19. The van der Waals surface area contributed by atoms with Gasteiger partial charge in [0.1, 0.15) is 11.6 Å². The molecule has 1 amide bonds. The number of anilines is 1. The molecule has 4 aromatic rings. The number of H-pyrrole nitrogens is 2. The summed E-state index contributed by atoms with van der Waals surface area (Å²) in [4.78, 5) is 40.6. The third kappa shape index (κ3) is 6.13. The first kappa shape index (κ1) is 24.6. The normalized spacial score (nSPS) is 10.8. The first-order valence-electron chi connectivity index (χ1n) is 10.1. The largest absolute Gasteiger partial charge is 0.497 e. The van der Waals surface area contributed by atoms with Crippen LogP contribution in [-0.4, -0.2) is 43.5 Å². The second-order valence-corrected chi connectivity index (χ2v) is 8.95. The fourth-order valence-electron chi connectivity index (χ4n) is 3.20. The molecule has 0 unspecified atom stereocenters. The van der Waals surface area contributed by atoms with Gasteiger partial charge in [0.05, 0.1) is 28.6 Å². The van der Waals surface area contributed by atoms with Crippen LogP contribution in [0.4, 0.5) is 5.69 Å². The van der Waals surface area contributed by atoms with Gasteiger partial charge >= 0.3 is 5.69 Å². The molecule has 0 radical (unpaired) electrons. The number of amides is 1. The quantitative estimate of drug-likeness (QED) is 0.296. The summed E-state index contributed by atoms with van der Waals surface area (Å²) in [6.45, 7) is 0. The highest BCUT2D eigenvalue weighted by molar-refractivity contribution is 7.99. The van der Waals surface area contributed by atoms with Crippen molar-refractivity contribution < 1.29 is 9.53 Å². The van der Waals surface area contributed by atoms with E-state index >= 15 is 0 Å². The van der Waals surface area contributed by atoms with Gasteiger partial charge in [-0.05, 0) is 30.3 Å². The summed E-state index contributed by atoms with van der Waals surface area (Å²) in [6.07, 6.45) is 0.124. The van der Waals surface area contributed by atoms with E-state index in [1.165, 1.54) is 17.8 Å². The molecule has 0 atom stereocenters. The predicted octanol–water partition coefficient (Wildman–Crippen LogP) is 3.28. The number of thioether (sulfide) groups is 1. The van der Waals surface area contributed by atoms with Crippen molar-refractivity contribution in [3.8, 4) is 11.4 Å². The van der Waals surface area contributed by atoms with E-state index in [2.05, 4.69) is 25.5 Å². The minimum absolute atomic E-state index is 0.0319. The molecule has 0 saturated carbocycles. The number of carbonyl (C=O) groups excluding carboxylic acids is 1. The van der Waals surface area contributed by atoms with Crippen LogP contribution in [0.2, 0.25) is 10.0 Å². The lowest BCUT2D eigenvalue weighted by Crippen LogP contribution is -2.23. The molecule has 4 rings (SSSR count). The standard InChI is InChI=1S/C22H18Cl2N6O4S/c1-34-15-4-2-3-14(10-15)30-18(8-13-9-19(31)27-21(33)26-13)28-29-22(30)35-11-20(32)25-12-5-6-16(23)17(24)7-12/h2-7,9-10H,8,11H2,1H3,(H,25,32)(H2,26,27,31,33). The molecule has 0 aliphatic carbocycles. The summed E-state index contributed by atoms with van der Waals surface area (Å²) >= 11 is 13.1. The van der Waals surface area contributed by atoms with E-state index in [1.54, 1.807) is 48.1 Å². The first-order valence-corrected chi connectivity index (χ1v) is 11.9. The molecule has 0 spiro atoms. The zero-order valence-electron chi connectivity index (χ0n) is 18.2. The molecule has 0 aliphatic rings. The Kier molecular flexibility index (Phi) is 7.59. The minimum atomic E-state index is -0.617. The van der Waals surface area contributed by atoms with Crippen LogP contribution in [0.25, 0.3) is 5.69 Å². The Morgan fingerprint density at radius 3 is 2.66 bits per heavy atom. The number of hydrogen-bond acceptors (Lipinski definition) is 7. The van der Waals surface area contributed by atoms with Crippen molar-refractivity contribution in [2.45, 2.75) is 11.6 Å². The molecule has 13 heteroatoms. The average molecular weight is 533 g/mol. The van der Waals surface area contributed by atoms with Crippen molar-refractivity contribution in [3.63, 3.8) is 0 Å². The molecule has 0 aliphatic heterocycles. The van der Waals surface area contributed by atoms with E-state index < -0.39 is 11.2 Å². The van der Waals surface area contributed by atoms with E-state index in [0.717, 1.165) is 0 Å². The molecule has 180 valence electrons. The number of methoxy groups -OCH3 is 1. The van der Waals surface area contributed by atoms with Gasteiger partial charge in [0, 0.05) is 29.9 Å². The molecule has 3 N–H and O–H groups in total. The van der Waals surface area contributed by atoms with Crippen LogP contribution < -0.4 is 21.3 Å². The van der Waals surface area contributed by atoms with Crippen LogP contribution in [0.15, 0.2) is 63.3 Å². The number of aromatic nitrogens is 5. The van der Waals surface area contributed by atoms with Gasteiger partial charge in [-0.1, -0.05) is 41.0 Å². The molecule has 35 heavy (non-hydrogen) atoms. The lowest BCUT2D eigenvalue weighted by atomic mass is 10.2. The monoisotopic (exact) mass is 532 g/mol. The fourth-order valence-corrected chi connectivity index (χ4v) is 4.27. The van der Waals surface area contributed by atoms with Crippen molar-refractivity contribution in [2.24, 2.45) is 0 Å². The van der Waals surface area contributed by atoms with Gasteiger partial charge in [0.15, 0.2) is 5.16 Å². The van der Waals surface area contributed by atoms with Gasteiger partial charge in [-0.25, -0.2) is 4.79 Å². The van der Waals surface area contributed by atoms with Gasteiger partial charge < -0.3 is 15.0 Å². The molecule has 2 heterocycles. The Labute approximate surface area is 212 Å². The van der Waals surface area contributed by atoms with Crippen LogP contribution in [0, 0.1) is 0 Å². The fraction of sp³-hybridized carbons (Fsp3) is 0.136. The van der Waals surface area contributed by atoms with Crippen LogP contribution in [0.3, 0.4) is 0 Å². The van der Waals surface area contributed by atoms with Crippen LogP contribution >= 0.6 is 35.0 Å². The molecule has 0 saturated heterocycles. The summed E-state index contributed by atoms with van der Waals surface area (Å²) in [7, 11) is 1.55. The summed E-state index contributed by atoms with van der Waals surface area (Å²) in [5.74, 6) is 0.811. The number of aromatic amines is 2. The maximum atomic E-state index is 12.5. The summed E-state index contributed by atoms with van der Waals surface area (Å²) in [5.41, 5.74) is 0.421. The number of hydrogen-bond donors (Lipinski definition) is 3. The number of nitrogens with zero attached hydrogens (tertiary/aromatic N) is 3. The molecular formula is C22H18Cl2N6O4S. The lowest BCUT2D eigenvalue weighted by Gasteiger charge is -2.12. The van der Waals surface area contributed by atoms with E-state index in [1.807, 2.05) is 6.07 Å².